The summed E-state index contributed by atoms with van der Waals surface area (Å²) in [6.45, 7) is 4.41. The van der Waals surface area contributed by atoms with Crippen molar-refractivity contribution in [3.05, 3.63) is 89.6 Å². The maximum Gasteiger partial charge on any atom is 0.213 e. The molecule has 2 aliphatic rings. The molecule has 0 radical (unpaired) electrons. The first-order valence-electron chi connectivity index (χ1n) is 12.2. The van der Waals surface area contributed by atoms with E-state index >= 15 is 0 Å². The maximum absolute atomic E-state index is 2.47. The number of nitrogens with zero attached hydrogens (tertiary/aromatic N) is 1. The zero-order valence-electron chi connectivity index (χ0n) is 19.4. The highest BCUT2D eigenvalue weighted by Crippen LogP contribution is 2.53. The van der Waals surface area contributed by atoms with Crippen LogP contribution in [-0.2, 0) is 7.05 Å². The standard InChI is InChI=1S/C31H32N/c1-20-6-4-5-7-28(20)31-18-29(21(2)19-32(31)3)26-12-10-24-17-27(13-11-23(24)16-26)30-15-22-8-9-25(30)14-22/h4-7,10-13,16-19,22,25,30H,8-9,14-15H2,1-3H3/q+1. The molecule has 0 N–H and O–H groups in total. The Morgan fingerprint density at radius 2 is 1.56 bits per heavy atom. The highest BCUT2D eigenvalue weighted by molar-refractivity contribution is 5.88. The number of pyridine rings is 1. The number of aromatic nitrogens is 1. The van der Waals surface area contributed by atoms with E-state index < -0.39 is 0 Å². The van der Waals surface area contributed by atoms with Crippen molar-refractivity contribution < 1.29 is 4.57 Å². The van der Waals surface area contributed by atoms with Crippen LogP contribution < -0.4 is 4.57 Å². The molecule has 2 aliphatic carbocycles. The summed E-state index contributed by atoms with van der Waals surface area (Å²) in [5.74, 6) is 2.73. The topological polar surface area (TPSA) is 3.88 Å². The van der Waals surface area contributed by atoms with Crippen molar-refractivity contribution in [3.8, 4) is 22.4 Å². The van der Waals surface area contributed by atoms with Crippen LogP contribution in [-0.4, -0.2) is 0 Å². The Labute approximate surface area is 191 Å². The van der Waals surface area contributed by atoms with E-state index in [1.807, 2.05) is 0 Å². The zero-order valence-corrected chi connectivity index (χ0v) is 19.4. The zero-order chi connectivity index (χ0) is 21.8. The molecule has 0 amide bonds. The third-order valence-electron chi connectivity index (χ3n) is 8.24. The highest BCUT2D eigenvalue weighted by atomic mass is 14.9. The molecule has 160 valence electrons. The highest BCUT2D eigenvalue weighted by Gasteiger charge is 2.40. The van der Waals surface area contributed by atoms with E-state index in [1.54, 1.807) is 5.56 Å². The smallest absolute Gasteiger partial charge is 0.201 e. The van der Waals surface area contributed by atoms with Gasteiger partial charge in [-0.25, -0.2) is 4.57 Å². The van der Waals surface area contributed by atoms with Gasteiger partial charge in [0.15, 0.2) is 6.20 Å². The van der Waals surface area contributed by atoms with Crippen LogP contribution in [0.15, 0.2) is 72.9 Å². The van der Waals surface area contributed by atoms with Crippen molar-refractivity contribution in [1.82, 2.24) is 0 Å². The van der Waals surface area contributed by atoms with Crippen LogP contribution in [0.3, 0.4) is 0 Å². The molecule has 2 bridgehead atoms. The Morgan fingerprint density at radius 3 is 2.34 bits per heavy atom. The van der Waals surface area contributed by atoms with Gasteiger partial charge in [-0.1, -0.05) is 55.0 Å². The molecular formula is C31H32N+. The third-order valence-corrected chi connectivity index (χ3v) is 8.24. The van der Waals surface area contributed by atoms with Gasteiger partial charge in [-0.05, 0) is 96.0 Å². The minimum Gasteiger partial charge on any atom is -0.201 e. The number of hydrogen-bond acceptors (Lipinski definition) is 0. The minimum atomic E-state index is 0.797. The molecule has 32 heavy (non-hydrogen) atoms. The lowest BCUT2D eigenvalue weighted by Gasteiger charge is -2.22. The van der Waals surface area contributed by atoms with Gasteiger partial charge in [0, 0.05) is 17.2 Å². The summed E-state index contributed by atoms with van der Waals surface area (Å²) in [6, 6.07) is 25.3. The minimum absolute atomic E-state index is 0.797. The molecule has 2 saturated carbocycles. The van der Waals surface area contributed by atoms with Crippen molar-refractivity contribution in [3.63, 3.8) is 0 Å². The predicted octanol–water partition coefficient (Wildman–Crippen LogP) is 7.52. The number of hydrogen-bond donors (Lipinski definition) is 0. The van der Waals surface area contributed by atoms with Crippen LogP contribution in [0, 0.1) is 25.7 Å². The number of benzene rings is 3. The molecule has 0 aliphatic heterocycles. The van der Waals surface area contributed by atoms with Crippen LogP contribution in [0.2, 0.25) is 0 Å². The summed E-state index contributed by atoms with van der Waals surface area (Å²) in [5.41, 5.74) is 9.37. The van der Waals surface area contributed by atoms with Crippen LogP contribution in [0.25, 0.3) is 33.2 Å². The molecule has 3 aromatic carbocycles. The summed E-state index contributed by atoms with van der Waals surface area (Å²) in [6.07, 6.45) is 8.06. The van der Waals surface area contributed by atoms with E-state index in [4.69, 9.17) is 0 Å². The van der Waals surface area contributed by atoms with Gasteiger partial charge in [-0.15, -0.1) is 0 Å². The Hall–Kier alpha value is -2.93. The normalized spacial score (nSPS) is 22.0. The molecule has 1 heteroatoms. The van der Waals surface area contributed by atoms with Crippen LogP contribution >= 0.6 is 0 Å². The molecule has 1 nitrogen and oxygen atoms in total. The van der Waals surface area contributed by atoms with E-state index in [2.05, 4.69) is 98.4 Å². The molecule has 0 spiro atoms. The van der Waals surface area contributed by atoms with Crippen molar-refractivity contribution in [1.29, 1.82) is 0 Å². The van der Waals surface area contributed by atoms with Gasteiger partial charge < -0.3 is 0 Å². The van der Waals surface area contributed by atoms with Gasteiger partial charge in [-0.2, -0.15) is 0 Å². The van der Waals surface area contributed by atoms with Gasteiger partial charge in [0.2, 0.25) is 5.69 Å². The first-order chi connectivity index (χ1) is 15.6. The molecule has 4 aromatic rings. The Bertz CT molecular complexity index is 1330. The fourth-order valence-corrected chi connectivity index (χ4v) is 6.54. The molecule has 1 aromatic heterocycles. The summed E-state index contributed by atoms with van der Waals surface area (Å²) in [5, 5.41) is 2.73. The molecule has 3 atom stereocenters. The van der Waals surface area contributed by atoms with Crippen molar-refractivity contribution in [2.24, 2.45) is 18.9 Å². The summed E-state index contributed by atoms with van der Waals surface area (Å²) in [4.78, 5) is 0. The predicted molar refractivity (Wildman–Crippen MR) is 134 cm³/mol. The summed E-state index contributed by atoms with van der Waals surface area (Å²) >= 11 is 0. The first kappa shape index (κ1) is 19.7. The van der Waals surface area contributed by atoms with E-state index in [-0.39, 0.29) is 0 Å². The molecular weight excluding hydrogens is 386 g/mol. The summed E-state index contributed by atoms with van der Waals surface area (Å²) in [7, 11) is 2.15. The van der Waals surface area contributed by atoms with Crippen molar-refractivity contribution in [2.45, 2.75) is 45.4 Å². The fraction of sp³-hybridized carbons (Fsp3) is 0.323. The van der Waals surface area contributed by atoms with Gasteiger partial charge in [-0.3, -0.25) is 0 Å². The largest absolute Gasteiger partial charge is 0.213 e. The molecule has 6 rings (SSSR count). The molecule has 0 saturated heterocycles. The van der Waals surface area contributed by atoms with Crippen LogP contribution in [0.5, 0.6) is 0 Å². The molecule has 1 heterocycles. The van der Waals surface area contributed by atoms with E-state index in [0.29, 0.717) is 0 Å². The number of rotatable bonds is 3. The van der Waals surface area contributed by atoms with Crippen LogP contribution in [0.1, 0.15) is 48.3 Å². The average Bonchev–Trinajstić information content (AvgIpc) is 3.43. The maximum atomic E-state index is 2.47. The lowest BCUT2D eigenvalue weighted by molar-refractivity contribution is -0.660. The quantitative estimate of drug-likeness (QED) is 0.303. The van der Waals surface area contributed by atoms with Gasteiger partial charge >= 0.3 is 0 Å². The molecule has 3 unspecified atom stereocenters. The van der Waals surface area contributed by atoms with E-state index in [9.17, 15) is 0 Å². The third kappa shape index (κ3) is 3.26. The van der Waals surface area contributed by atoms with Gasteiger partial charge in [0.1, 0.15) is 7.05 Å². The van der Waals surface area contributed by atoms with E-state index in [1.165, 1.54) is 70.0 Å². The van der Waals surface area contributed by atoms with Crippen molar-refractivity contribution in [2.75, 3.05) is 0 Å². The second kappa shape index (κ2) is 7.59. The van der Waals surface area contributed by atoms with E-state index in [0.717, 1.165) is 17.8 Å². The SMILES string of the molecule is Cc1c[n+](C)c(-c2ccccc2C)cc1-c1ccc2cc(C3CC4CCC3C4)ccc2c1. The fourth-order valence-electron chi connectivity index (χ4n) is 6.54. The second-order valence-electron chi connectivity index (χ2n) is 10.3. The lowest BCUT2D eigenvalue weighted by atomic mass is 9.83. The molecule has 2 fully saturated rings. The lowest BCUT2D eigenvalue weighted by Crippen LogP contribution is -2.31. The Morgan fingerprint density at radius 1 is 0.750 bits per heavy atom. The first-order valence-corrected chi connectivity index (χ1v) is 12.2. The monoisotopic (exact) mass is 418 g/mol. The Kier molecular flexibility index (Phi) is 4.68. The summed E-state index contributed by atoms with van der Waals surface area (Å²) < 4.78 is 2.25. The average molecular weight is 419 g/mol. The second-order valence-corrected chi connectivity index (χ2v) is 10.3. The Balaban J connectivity index is 1.40. The number of fused-ring (bicyclic) bond motifs is 3. The van der Waals surface area contributed by atoms with Gasteiger partial charge in [0.05, 0.1) is 0 Å². The van der Waals surface area contributed by atoms with Gasteiger partial charge in [0.25, 0.3) is 0 Å². The van der Waals surface area contributed by atoms with Crippen LogP contribution in [0.4, 0.5) is 0 Å². The number of aryl methyl sites for hydroxylation is 3. The van der Waals surface area contributed by atoms with Crippen molar-refractivity contribution >= 4 is 10.8 Å².